The van der Waals surface area contributed by atoms with Gasteiger partial charge in [-0.15, -0.1) is 0 Å². The number of allylic oxidation sites excluding steroid dienone is 9. The van der Waals surface area contributed by atoms with E-state index < -0.39 is 78.5 Å². The summed E-state index contributed by atoms with van der Waals surface area (Å²) in [5, 5.41) is 55.4. The van der Waals surface area contributed by atoms with Crippen LogP contribution in [0, 0.1) is 0 Å². The number of unbranched alkanes of at least 4 members (excludes halogenated alkanes) is 25. The molecule has 13 nitrogen and oxygen atoms in total. The summed E-state index contributed by atoms with van der Waals surface area (Å²) < 4.78 is 47.7. The monoisotopic (exact) mass is 984 g/mol. The first-order valence-electron chi connectivity index (χ1n) is 26.8. The van der Waals surface area contributed by atoms with Crippen LogP contribution in [-0.4, -0.2) is 107 Å². The van der Waals surface area contributed by atoms with Crippen LogP contribution in [0.5, 0.6) is 0 Å². The lowest BCUT2D eigenvalue weighted by Crippen LogP contribution is -2.61. The molecule has 0 bridgehead atoms. The minimum atomic E-state index is -5.13. The van der Waals surface area contributed by atoms with Gasteiger partial charge in [0.25, 0.3) is 0 Å². The van der Waals surface area contributed by atoms with E-state index in [9.17, 15) is 43.3 Å². The Balaban J connectivity index is 2.54. The van der Waals surface area contributed by atoms with Crippen LogP contribution in [-0.2, 0) is 28.9 Å². The van der Waals surface area contributed by atoms with Gasteiger partial charge in [0, 0.05) is 0 Å². The standard InChI is InChI=1S/C54H97NO12S/c1-3-5-7-9-11-13-15-17-19-21-23-24-25-27-28-30-32-34-36-38-40-42-47(57)46(45-65-54-51(60)52(67-68(62,63)64)50(59)49(44-56)66-54)55-53(61)48(58)43-41-39-37-35-33-31-29-26-22-20-18-16-14-12-10-8-6-4-2/h12,14,16,18,25,27,32,34,40,42,46-52,54,56-60H,3-11,13,15,17,19-24,26,28-31,33,35-39,41,43-45H2,1-2H3,(H,55,61)(H,62,63,64)/b14-12-,18-16-,27-25+,34-32+,42-40+. The molecule has 0 radical (unpaired) electrons. The Morgan fingerprint density at radius 1 is 0.603 bits per heavy atom. The van der Waals surface area contributed by atoms with Gasteiger partial charge in [0.2, 0.25) is 5.91 Å². The number of carbonyl (C=O) groups excluding carboxylic acids is 1. The van der Waals surface area contributed by atoms with Crippen LogP contribution in [0.3, 0.4) is 0 Å². The molecule has 1 saturated heterocycles. The summed E-state index contributed by atoms with van der Waals surface area (Å²) in [5.41, 5.74) is 0. The van der Waals surface area contributed by atoms with Crippen LogP contribution in [0.1, 0.15) is 213 Å². The largest absolute Gasteiger partial charge is 0.397 e. The second kappa shape index (κ2) is 43.5. The van der Waals surface area contributed by atoms with Crippen LogP contribution in [0.4, 0.5) is 0 Å². The number of aliphatic hydroxyl groups excluding tert-OH is 5. The Labute approximate surface area is 412 Å². The highest BCUT2D eigenvalue weighted by Crippen LogP contribution is 2.26. The van der Waals surface area contributed by atoms with Crippen molar-refractivity contribution in [2.45, 2.75) is 262 Å². The molecule has 1 aliphatic rings. The second-order valence-electron chi connectivity index (χ2n) is 18.6. The summed E-state index contributed by atoms with van der Waals surface area (Å²) in [5.74, 6) is -0.721. The molecule has 0 aliphatic carbocycles. The van der Waals surface area contributed by atoms with Gasteiger partial charge in [0.15, 0.2) is 6.29 Å². The quantitative estimate of drug-likeness (QED) is 0.0131. The Kier molecular flexibility index (Phi) is 40.8. The minimum absolute atomic E-state index is 0.226. The maximum Gasteiger partial charge on any atom is 0.397 e. The zero-order chi connectivity index (χ0) is 49.9. The number of nitrogens with one attached hydrogen (secondary N) is 1. The number of ether oxygens (including phenoxy) is 2. The van der Waals surface area contributed by atoms with E-state index in [1.165, 1.54) is 122 Å². The molecule has 0 aromatic rings. The fraction of sp³-hybridized carbons (Fsp3) is 0.796. The molecule has 1 amide bonds. The Bertz CT molecular complexity index is 1450. The predicted molar refractivity (Wildman–Crippen MR) is 274 cm³/mol. The first-order valence-corrected chi connectivity index (χ1v) is 28.2. The summed E-state index contributed by atoms with van der Waals surface area (Å²) in [7, 11) is -5.13. The van der Waals surface area contributed by atoms with Crippen LogP contribution >= 0.6 is 0 Å². The van der Waals surface area contributed by atoms with Crippen molar-refractivity contribution in [1.82, 2.24) is 5.32 Å². The maximum absolute atomic E-state index is 13.2. The Hall–Kier alpha value is -2.24. The van der Waals surface area contributed by atoms with E-state index >= 15 is 0 Å². The fourth-order valence-electron chi connectivity index (χ4n) is 8.13. The van der Waals surface area contributed by atoms with Crippen molar-refractivity contribution in [3.05, 3.63) is 60.8 Å². The lowest BCUT2D eigenvalue weighted by Gasteiger charge is -2.41. The summed E-state index contributed by atoms with van der Waals surface area (Å²) in [6.07, 6.45) is 44.4. The van der Waals surface area contributed by atoms with Crippen molar-refractivity contribution in [3.63, 3.8) is 0 Å². The molecule has 0 saturated carbocycles. The molecule has 7 N–H and O–H groups in total. The Morgan fingerprint density at radius 2 is 1.03 bits per heavy atom. The van der Waals surface area contributed by atoms with Gasteiger partial charge in [-0.1, -0.05) is 203 Å². The topological polar surface area (TPSA) is 212 Å². The molecule has 8 atom stereocenters. The third kappa shape index (κ3) is 35.0. The number of rotatable bonds is 45. The van der Waals surface area contributed by atoms with Crippen LogP contribution in [0.2, 0.25) is 0 Å². The van der Waals surface area contributed by atoms with Gasteiger partial charge >= 0.3 is 10.4 Å². The Morgan fingerprint density at radius 3 is 1.53 bits per heavy atom. The summed E-state index contributed by atoms with van der Waals surface area (Å²) >= 11 is 0. The van der Waals surface area contributed by atoms with E-state index in [1.54, 1.807) is 6.08 Å². The normalized spacial score (nSPS) is 20.7. The van der Waals surface area contributed by atoms with Gasteiger partial charge < -0.3 is 40.3 Å². The third-order valence-electron chi connectivity index (χ3n) is 12.4. The zero-order valence-corrected chi connectivity index (χ0v) is 43.1. The van der Waals surface area contributed by atoms with Gasteiger partial charge in [-0.2, -0.15) is 8.42 Å². The first-order chi connectivity index (χ1) is 32.9. The van der Waals surface area contributed by atoms with E-state index in [4.69, 9.17) is 9.47 Å². The van der Waals surface area contributed by atoms with Crippen molar-refractivity contribution in [3.8, 4) is 0 Å². The molecule has 8 unspecified atom stereocenters. The van der Waals surface area contributed by atoms with Gasteiger partial charge in [0.1, 0.15) is 30.5 Å². The highest BCUT2D eigenvalue weighted by Gasteiger charge is 2.48. The second-order valence-corrected chi connectivity index (χ2v) is 19.7. The van der Waals surface area contributed by atoms with Gasteiger partial charge in [-0.05, 0) is 70.6 Å². The maximum atomic E-state index is 13.2. The van der Waals surface area contributed by atoms with E-state index in [0.717, 1.165) is 64.2 Å². The summed E-state index contributed by atoms with van der Waals surface area (Å²) in [6, 6.07) is -1.15. The van der Waals surface area contributed by atoms with Gasteiger partial charge in [-0.3, -0.25) is 9.35 Å². The first kappa shape index (κ1) is 63.8. The van der Waals surface area contributed by atoms with Gasteiger partial charge in [0.05, 0.1) is 25.4 Å². The lowest BCUT2D eigenvalue weighted by atomic mass is 9.99. The van der Waals surface area contributed by atoms with E-state index in [1.807, 2.05) is 0 Å². The molecule has 1 rings (SSSR count). The SMILES string of the molecule is CCCCC/C=C\C=C/CCCCCCCCCCCC(O)C(=O)NC(COC1OC(CO)C(O)C(OS(=O)(=O)O)C1O)C(O)/C=C/CC/C=C/CC/C=C/CCCCCCCCCCCCC. The number of hydrogen-bond acceptors (Lipinski definition) is 11. The van der Waals surface area contributed by atoms with E-state index in [-0.39, 0.29) is 6.42 Å². The molecule has 396 valence electrons. The van der Waals surface area contributed by atoms with Crippen molar-refractivity contribution < 1.29 is 57.0 Å². The smallest absolute Gasteiger partial charge is 0.394 e. The number of amides is 1. The van der Waals surface area contributed by atoms with Crippen molar-refractivity contribution in [2.75, 3.05) is 13.2 Å². The van der Waals surface area contributed by atoms with Gasteiger partial charge in [-0.25, -0.2) is 4.18 Å². The van der Waals surface area contributed by atoms with Crippen LogP contribution in [0.25, 0.3) is 0 Å². The van der Waals surface area contributed by atoms with E-state index in [2.05, 4.69) is 72.0 Å². The average Bonchev–Trinajstić information content (AvgIpc) is 3.31. The molecule has 0 aromatic heterocycles. The molecular formula is C54H97NO12S. The molecule has 68 heavy (non-hydrogen) atoms. The molecule has 14 heteroatoms. The summed E-state index contributed by atoms with van der Waals surface area (Å²) in [6.45, 7) is 3.18. The lowest BCUT2D eigenvalue weighted by molar-refractivity contribution is -0.298. The molecule has 1 aliphatic heterocycles. The molecule has 0 spiro atoms. The predicted octanol–water partition coefficient (Wildman–Crippen LogP) is 10.8. The van der Waals surface area contributed by atoms with Crippen LogP contribution < -0.4 is 5.32 Å². The third-order valence-corrected chi connectivity index (χ3v) is 12.8. The van der Waals surface area contributed by atoms with E-state index in [0.29, 0.717) is 12.8 Å². The molecule has 1 fully saturated rings. The number of carbonyl (C=O) groups is 1. The van der Waals surface area contributed by atoms with Crippen molar-refractivity contribution in [2.24, 2.45) is 0 Å². The molecular weight excluding hydrogens is 887 g/mol. The number of aliphatic hydroxyl groups is 5. The average molecular weight is 984 g/mol. The molecule has 1 heterocycles. The fourth-order valence-corrected chi connectivity index (χ4v) is 8.64. The summed E-state index contributed by atoms with van der Waals surface area (Å²) in [4.78, 5) is 13.2. The highest BCUT2D eigenvalue weighted by atomic mass is 32.3. The minimum Gasteiger partial charge on any atom is -0.394 e. The number of hydrogen-bond donors (Lipinski definition) is 7. The highest BCUT2D eigenvalue weighted by molar-refractivity contribution is 7.80. The zero-order valence-electron chi connectivity index (χ0n) is 42.3. The van der Waals surface area contributed by atoms with Crippen molar-refractivity contribution in [1.29, 1.82) is 0 Å². The molecule has 0 aromatic carbocycles. The van der Waals surface area contributed by atoms with Crippen LogP contribution in [0.15, 0.2) is 60.8 Å². The van der Waals surface area contributed by atoms with Crippen molar-refractivity contribution >= 4 is 16.3 Å².